The predicted octanol–water partition coefficient (Wildman–Crippen LogP) is 3.25. The first-order valence-electron chi connectivity index (χ1n) is 8.31. The fourth-order valence-electron chi connectivity index (χ4n) is 4.41. The van der Waals surface area contributed by atoms with Crippen LogP contribution in [-0.4, -0.2) is 16.6 Å². The van der Waals surface area contributed by atoms with Gasteiger partial charge in [0.05, 0.1) is 12.1 Å². The zero-order valence-electron chi connectivity index (χ0n) is 13.1. The van der Waals surface area contributed by atoms with Gasteiger partial charge in [0, 0.05) is 12.6 Å². The van der Waals surface area contributed by atoms with Gasteiger partial charge in [-0.3, -0.25) is 9.69 Å². The van der Waals surface area contributed by atoms with E-state index in [0.717, 1.165) is 19.2 Å². The highest BCUT2D eigenvalue weighted by Crippen LogP contribution is 2.54. The lowest BCUT2D eigenvalue weighted by Crippen LogP contribution is -2.65. The zero-order valence-corrected chi connectivity index (χ0v) is 13.1. The first-order chi connectivity index (χ1) is 11.2. The number of aromatic hydroxyl groups is 1. The van der Waals surface area contributed by atoms with Gasteiger partial charge in [-0.05, 0) is 24.3 Å². The van der Waals surface area contributed by atoms with E-state index in [2.05, 4.69) is 35.2 Å². The summed E-state index contributed by atoms with van der Waals surface area (Å²) in [6.07, 6.45) is 6.11. The van der Waals surface area contributed by atoms with Crippen LogP contribution < -0.4 is 5.43 Å². The highest BCUT2D eigenvalue weighted by atomic mass is 16.4. The number of benzene rings is 1. The maximum Gasteiger partial charge on any atom is 0.226 e. The molecule has 1 saturated heterocycles. The number of fused-ring (bicyclic) bond motifs is 1. The molecule has 23 heavy (non-hydrogen) atoms. The Bertz CT molecular complexity index is 755. The second kappa shape index (κ2) is 5.53. The van der Waals surface area contributed by atoms with E-state index in [1.807, 2.05) is 0 Å². The molecule has 0 bridgehead atoms. The summed E-state index contributed by atoms with van der Waals surface area (Å²) in [6, 6.07) is 12.1. The van der Waals surface area contributed by atoms with Crippen molar-refractivity contribution in [2.24, 2.45) is 5.92 Å². The summed E-state index contributed by atoms with van der Waals surface area (Å²) in [5, 5.41) is 9.35. The monoisotopic (exact) mass is 311 g/mol. The van der Waals surface area contributed by atoms with Gasteiger partial charge in [-0.15, -0.1) is 0 Å². The zero-order chi connectivity index (χ0) is 15.9. The van der Waals surface area contributed by atoms with Gasteiger partial charge in [0.15, 0.2) is 5.75 Å². The highest BCUT2D eigenvalue weighted by molar-refractivity contribution is 5.30. The molecule has 2 fully saturated rings. The van der Waals surface area contributed by atoms with Gasteiger partial charge in [-0.25, -0.2) is 0 Å². The molecule has 1 N–H and O–H groups in total. The van der Waals surface area contributed by atoms with E-state index in [1.165, 1.54) is 30.9 Å². The van der Waals surface area contributed by atoms with Crippen LogP contribution in [0.15, 0.2) is 51.9 Å². The Labute approximate surface area is 135 Å². The lowest BCUT2D eigenvalue weighted by molar-refractivity contribution is -0.124. The summed E-state index contributed by atoms with van der Waals surface area (Å²) in [7, 11) is 0. The summed E-state index contributed by atoms with van der Waals surface area (Å²) in [4.78, 5) is 14.1. The molecule has 2 heterocycles. The molecule has 0 amide bonds. The lowest BCUT2D eigenvalue weighted by atomic mass is 9.61. The minimum absolute atomic E-state index is 0.0793. The molecule has 1 aliphatic carbocycles. The summed E-state index contributed by atoms with van der Waals surface area (Å²) in [5.74, 6) is 0.972. The number of hydrogen-bond acceptors (Lipinski definition) is 4. The highest BCUT2D eigenvalue weighted by Gasteiger charge is 2.54. The third kappa shape index (κ3) is 2.29. The Morgan fingerprint density at radius 1 is 1.26 bits per heavy atom. The van der Waals surface area contributed by atoms with Crippen LogP contribution in [0.25, 0.3) is 0 Å². The standard InChI is InChI=1S/C19H21NO3/c21-17-10-16(23-13-18(17)22)12-20-11-15-8-4-5-9-19(15,20)14-6-2-1-3-7-14/h1-3,6-7,10,13,15,22H,4-5,8-9,11-12H2. The van der Waals surface area contributed by atoms with Crippen molar-refractivity contribution in [3.8, 4) is 5.75 Å². The van der Waals surface area contributed by atoms with Crippen LogP contribution in [0.2, 0.25) is 0 Å². The average molecular weight is 311 g/mol. The number of hydrogen-bond donors (Lipinski definition) is 1. The smallest absolute Gasteiger partial charge is 0.226 e. The molecular weight excluding hydrogens is 290 g/mol. The SMILES string of the molecule is O=c1cc(CN2CC3CCCCC32c2ccccc2)occ1O. The van der Waals surface area contributed by atoms with Crippen molar-refractivity contribution in [1.29, 1.82) is 0 Å². The Kier molecular flexibility index (Phi) is 3.49. The number of nitrogens with zero attached hydrogens (tertiary/aromatic N) is 1. The first kappa shape index (κ1) is 14.5. The Morgan fingerprint density at radius 3 is 2.83 bits per heavy atom. The molecule has 2 atom stereocenters. The second-order valence-electron chi connectivity index (χ2n) is 6.71. The molecule has 0 spiro atoms. The van der Waals surface area contributed by atoms with Crippen LogP contribution in [0.4, 0.5) is 0 Å². The molecule has 0 radical (unpaired) electrons. The molecule has 2 unspecified atom stereocenters. The molecule has 120 valence electrons. The largest absolute Gasteiger partial charge is 0.502 e. The van der Waals surface area contributed by atoms with Gasteiger partial charge in [0.2, 0.25) is 5.43 Å². The maximum absolute atomic E-state index is 11.6. The molecule has 1 aromatic heterocycles. The summed E-state index contributed by atoms with van der Waals surface area (Å²) >= 11 is 0. The van der Waals surface area contributed by atoms with E-state index < -0.39 is 0 Å². The Hall–Kier alpha value is -2.07. The van der Waals surface area contributed by atoms with E-state index in [4.69, 9.17) is 4.42 Å². The quantitative estimate of drug-likeness (QED) is 0.945. The third-order valence-electron chi connectivity index (χ3n) is 5.53. The summed E-state index contributed by atoms with van der Waals surface area (Å²) in [5.41, 5.74) is 1.08. The van der Waals surface area contributed by atoms with Crippen LogP contribution in [0.3, 0.4) is 0 Å². The minimum atomic E-state index is -0.374. The van der Waals surface area contributed by atoms with Crippen LogP contribution in [-0.2, 0) is 12.1 Å². The fourth-order valence-corrected chi connectivity index (χ4v) is 4.41. The average Bonchev–Trinajstić information content (AvgIpc) is 2.57. The molecule has 1 saturated carbocycles. The summed E-state index contributed by atoms with van der Waals surface area (Å²) in [6.45, 7) is 1.65. The molecule has 2 aliphatic rings. The molecule has 2 aromatic rings. The molecule has 1 aromatic carbocycles. The summed E-state index contributed by atoms with van der Waals surface area (Å²) < 4.78 is 5.41. The second-order valence-corrected chi connectivity index (χ2v) is 6.71. The molecule has 4 heteroatoms. The van der Waals surface area contributed by atoms with Crippen molar-refractivity contribution >= 4 is 0 Å². The number of rotatable bonds is 3. The van der Waals surface area contributed by atoms with Crippen molar-refractivity contribution < 1.29 is 9.52 Å². The van der Waals surface area contributed by atoms with E-state index in [9.17, 15) is 9.90 Å². The van der Waals surface area contributed by atoms with E-state index in [1.54, 1.807) is 0 Å². The lowest BCUT2D eigenvalue weighted by Gasteiger charge is -2.61. The topological polar surface area (TPSA) is 53.7 Å². The maximum atomic E-state index is 11.6. The first-order valence-corrected chi connectivity index (χ1v) is 8.31. The van der Waals surface area contributed by atoms with E-state index in [-0.39, 0.29) is 16.7 Å². The van der Waals surface area contributed by atoms with Gasteiger partial charge in [0.25, 0.3) is 0 Å². The van der Waals surface area contributed by atoms with Crippen molar-refractivity contribution in [2.75, 3.05) is 6.54 Å². The Balaban J connectivity index is 1.66. The van der Waals surface area contributed by atoms with Gasteiger partial charge < -0.3 is 9.52 Å². The van der Waals surface area contributed by atoms with Gasteiger partial charge in [-0.1, -0.05) is 43.2 Å². The predicted molar refractivity (Wildman–Crippen MR) is 87.1 cm³/mol. The van der Waals surface area contributed by atoms with E-state index in [0.29, 0.717) is 18.2 Å². The van der Waals surface area contributed by atoms with Crippen molar-refractivity contribution in [3.05, 3.63) is 64.2 Å². The van der Waals surface area contributed by atoms with Crippen LogP contribution in [0.5, 0.6) is 5.75 Å². The third-order valence-corrected chi connectivity index (χ3v) is 5.53. The molecule has 4 nitrogen and oxygen atoms in total. The van der Waals surface area contributed by atoms with Gasteiger partial charge >= 0.3 is 0 Å². The van der Waals surface area contributed by atoms with Gasteiger partial charge in [-0.2, -0.15) is 0 Å². The van der Waals surface area contributed by atoms with E-state index >= 15 is 0 Å². The fraction of sp³-hybridized carbons (Fsp3) is 0.421. The van der Waals surface area contributed by atoms with Crippen molar-refractivity contribution in [2.45, 2.75) is 37.8 Å². The van der Waals surface area contributed by atoms with Crippen LogP contribution >= 0.6 is 0 Å². The minimum Gasteiger partial charge on any atom is -0.502 e. The van der Waals surface area contributed by atoms with Crippen molar-refractivity contribution in [3.63, 3.8) is 0 Å². The molecule has 1 aliphatic heterocycles. The normalized spacial score (nSPS) is 27.2. The molecule has 4 rings (SSSR count). The number of likely N-dealkylation sites (tertiary alicyclic amines) is 1. The van der Waals surface area contributed by atoms with Gasteiger partial charge in [0.1, 0.15) is 12.0 Å². The molecular formula is C19H21NO3. The Morgan fingerprint density at radius 2 is 2.09 bits per heavy atom. The van der Waals surface area contributed by atoms with Crippen LogP contribution in [0, 0.1) is 5.92 Å². The van der Waals surface area contributed by atoms with Crippen molar-refractivity contribution in [1.82, 2.24) is 4.90 Å². The van der Waals surface area contributed by atoms with Crippen LogP contribution in [0.1, 0.15) is 37.0 Å².